The summed E-state index contributed by atoms with van der Waals surface area (Å²) in [6.45, 7) is 3.26. The number of nitrogens with zero attached hydrogens (tertiary/aromatic N) is 5. The van der Waals surface area contributed by atoms with Crippen LogP contribution in [0.5, 0.6) is 0 Å². The fourth-order valence-electron chi connectivity index (χ4n) is 2.98. The summed E-state index contributed by atoms with van der Waals surface area (Å²) >= 11 is 0. The summed E-state index contributed by atoms with van der Waals surface area (Å²) in [6.07, 6.45) is 2.68. The minimum absolute atomic E-state index is 0.0879. The van der Waals surface area contributed by atoms with Gasteiger partial charge in [-0.25, -0.2) is 9.67 Å². The lowest BCUT2D eigenvalue weighted by Crippen LogP contribution is -2.46. The number of nitro benzene ring substituents is 1. The molecule has 0 amide bonds. The van der Waals surface area contributed by atoms with Gasteiger partial charge in [-0.15, -0.1) is 0 Å². The first-order chi connectivity index (χ1) is 12.6. The molecule has 2 aromatic rings. The number of aliphatic imine (C=N–C) groups is 1. The van der Waals surface area contributed by atoms with Gasteiger partial charge in [-0.05, 0) is 12.0 Å². The second-order valence-electron chi connectivity index (χ2n) is 6.21. The van der Waals surface area contributed by atoms with Gasteiger partial charge in [0.2, 0.25) is 0 Å². The molecule has 1 aliphatic rings. The fraction of sp³-hybridized carbons (Fsp3) is 0.471. The fourth-order valence-corrected chi connectivity index (χ4v) is 2.98. The van der Waals surface area contributed by atoms with Crippen molar-refractivity contribution in [1.29, 1.82) is 0 Å². The average Bonchev–Trinajstić information content (AvgIpc) is 3.07. The summed E-state index contributed by atoms with van der Waals surface area (Å²) in [5.74, 6) is 2.59. The normalized spacial score (nSPS) is 16.8. The molecule has 26 heavy (non-hydrogen) atoms. The molecule has 1 aliphatic heterocycles. The standard InChI is InChI=1S/C17H23N7O2/c1-3-15-21-16-8-7-13(11-23(16)22-15)20-17(18-2)19-10-12-5-4-6-14(9-12)24(25)26/h4-6,9,13H,3,7-8,10-11H2,1-2H3,(H2,18,19,20). The molecule has 0 saturated heterocycles. The monoisotopic (exact) mass is 357 g/mol. The summed E-state index contributed by atoms with van der Waals surface area (Å²) in [6, 6.07) is 6.80. The van der Waals surface area contributed by atoms with Gasteiger partial charge in [0.1, 0.15) is 5.82 Å². The smallest absolute Gasteiger partial charge is 0.269 e. The van der Waals surface area contributed by atoms with E-state index in [1.165, 1.54) is 6.07 Å². The second kappa shape index (κ2) is 7.94. The summed E-state index contributed by atoms with van der Waals surface area (Å²) in [5.41, 5.74) is 0.918. The van der Waals surface area contributed by atoms with Crippen molar-refractivity contribution in [2.24, 2.45) is 4.99 Å². The molecule has 1 aromatic heterocycles. The Balaban J connectivity index is 1.57. The molecule has 2 heterocycles. The summed E-state index contributed by atoms with van der Waals surface area (Å²) in [7, 11) is 1.71. The maximum atomic E-state index is 10.9. The number of benzene rings is 1. The maximum absolute atomic E-state index is 10.9. The third-order valence-electron chi connectivity index (χ3n) is 4.36. The summed E-state index contributed by atoms with van der Waals surface area (Å²) in [4.78, 5) is 19.3. The largest absolute Gasteiger partial charge is 0.352 e. The molecule has 0 bridgehead atoms. The SMILES string of the molecule is CCc1nc2n(n1)CC(NC(=NC)NCc1cccc([N+](=O)[O-])c1)CC2. The zero-order chi connectivity index (χ0) is 18.5. The van der Waals surface area contributed by atoms with Crippen LogP contribution in [0.2, 0.25) is 0 Å². The van der Waals surface area contributed by atoms with Gasteiger partial charge in [0.05, 0.1) is 11.5 Å². The Kier molecular flexibility index (Phi) is 5.45. The minimum Gasteiger partial charge on any atom is -0.352 e. The molecular weight excluding hydrogens is 334 g/mol. The first-order valence-corrected chi connectivity index (χ1v) is 8.72. The van der Waals surface area contributed by atoms with Gasteiger partial charge in [-0.2, -0.15) is 5.10 Å². The van der Waals surface area contributed by atoms with E-state index >= 15 is 0 Å². The Morgan fingerprint density at radius 1 is 1.50 bits per heavy atom. The van der Waals surface area contributed by atoms with Crippen LogP contribution >= 0.6 is 0 Å². The van der Waals surface area contributed by atoms with E-state index in [4.69, 9.17) is 0 Å². The van der Waals surface area contributed by atoms with Crippen LogP contribution in [0, 0.1) is 10.1 Å². The predicted octanol–water partition coefficient (Wildman–Crippen LogP) is 1.43. The highest BCUT2D eigenvalue weighted by atomic mass is 16.6. The van der Waals surface area contributed by atoms with E-state index in [0.717, 1.165) is 43.0 Å². The van der Waals surface area contributed by atoms with Crippen molar-refractivity contribution in [3.05, 3.63) is 51.6 Å². The van der Waals surface area contributed by atoms with Gasteiger partial charge >= 0.3 is 0 Å². The zero-order valence-electron chi connectivity index (χ0n) is 15.0. The van der Waals surface area contributed by atoms with Gasteiger partial charge < -0.3 is 10.6 Å². The number of rotatable bonds is 5. The van der Waals surface area contributed by atoms with E-state index in [2.05, 4.69) is 32.6 Å². The highest BCUT2D eigenvalue weighted by molar-refractivity contribution is 5.80. The van der Waals surface area contributed by atoms with Gasteiger partial charge in [-0.1, -0.05) is 19.1 Å². The van der Waals surface area contributed by atoms with Crippen LogP contribution in [-0.4, -0.2) is 38.7 Å². The first kappa shape index (κ1) is 17.8. The Labute approximate surface area is 151 Å². The summed E-state index contributed by atoms with van der Waals surface area (Å²) < 4.78 is 1.97. The molecule has 138 valence electrons. The van der Waals surface area contributed by atoms with Crippen LogP contribution < -0.4 is 10.6 Å². The van der Waals surface area contributed by atoms with Crippen LogP contribution in [0.4, 0.5) is 5.69 Å². The summed E-state index contributed by atoms with van der Waals surface area (Å²) in [5, 5.41) is 22.0. The Bertz CT molecular complexity index is 815. The molecular formula is C17H23N7O2. The lowest BCUT2D eigenvalue weighted by Gasteiger charge is -2.25. The topological polar surface area (TPSA) is 110 Å². The maximum Gasteiger partial charge on any atom is 0.269 e. The Morgan fingerprint density at radius 2 is 2.35 bits per heavy atom. The van der Waals surface area contributed by atoms with E-state index in [1.807, 2.05) is 10.7 Å². The molecule has 3 rings (SSSR count). The van der Waals surface area contributed by atoms with E-state index in [9.17, 15) is 10.1 Å². The van der Waals surface area contributed by atoms with Crippen molar-refractivity contribution in [3.8, 4) is 0 Å². The predicted molar refractivity (Wildman–Crippen MR) is 97.9 cm³/mol. The van der Waals surface area contributed by atoms with Crippen molar-refractivity contribution >= 4 is 11.6 Å². The molecule has 1 atom stereocenters. The number of nitrogens with one attached hydrogen (secondary N) is 2. The molecule has 0 saturated carbocycles. The molecule has 0 radical (unpaired) electrons. The van der Waals surface area contributed by atoms with Crippen LogP contribution in [-0.2, 0) is 25.9 Å². The number of nitro groups is 1. The van der Waals surface area contributed by atoms with E-state index in [0.29, 0.717) is 12.5 Å². The molecule has 2 N–H and O–H groups in total. The molecule has 0 aliphatic carbocycles. The lowest BCUT2D eigenvalue weighted by molar-refractivity contribution is -0.384. The molecule has 1 unspecified atom stereocenters. The number of aryl methyl sites for hydroxylation is 2. The van der Waals surface area contributed by atoms with E-state index in [-0.39, 0.29) is 11.7 Å². The number of aromatic nitrogens is 3. The van der Waals surface area contributed by atoms with Gasteiger partial charge in [-0.3, -0.25) is 15.1 Å². The number of hydrogen-bond acceptors (Lipinski definition) is 5. The molecule has 1 aromatic carbocycles. The first-order valence-electron chi connectivity index (χ1n) is 8.72. The molecule has 0 spiro atoms. The number of fused-ring (bicyclic) bond motifs is 1. The quantitative estimate of drug-likeness (QED) is 0.362. The molecule has 9 heteroatoms. The Hall–Kier alpha value is -2.97. The molecule has 9 nitrogen and oxygen atoms in total. The zero-order valence-corrected chi connectivity index (χ0v) is 15.0. The molecule has 0 fully saturated rings. The van der Waals surface area contributed by atoms with E-state index < -0.39 is 4.92 Å². The average molecular weight is 357 g/mol. The highest BCUT2D eigenvalue weighted by Gasteiger charge is 2.22. The van der Waals surface area contributed by atoms with Crippen LogP contribution in [0.3, 0.4) is 0 Å². The van der Waals surface area contributed by atoms with Crippen molar-refractivity contribution in [1.82, 2.24) is 25.4 Å². The van der Waals surface area contributed by atoms with Crippen LogP contribution in [0.25, 0.3) is 0 Å². The second-order valence-corrected chi connectivity index (χ2v) is 6.21. The number of guanidine groups is 1. The third-order valence-corrected chi connectivity index (χ3v) is 4.36. The van der Waals surface area contributed by atoms with Crippen molar-refractivity contribution in [2.75, 3.05) is 7.05 Å². The van der Waals surface area contributed by atoms with Crippen molar-refractivity contribution in [2.45, 2.75) is 45.3 Å². The van der Waals surface area contributed by atoms with Crippen molar-refractivity contribution < 1.29 is 4.92 Å². The van der Waals surface area contributed by atoms with Gasteiger partial charge in [0.25, 0.3) is 5.69 Å². The van der Waals surface area contributed by atoms with Crippen molar-refractivity contribution in [3.63, 3.8) is 0 Å². The number of hydrogen-bond donors (Lipinski definition) is 2. The van der Waals surface area contributed by atoms with Crippen LogP contribution in [0.15, 0.2) is 29.3 Å². The Morgan fingerprint density at radius 3 is 3.08 bits per heavy atom. The van der Waals surface area contributed by atoms with E-state index in [1.54, 1.807) is 19.2 Å². The van der Waals surface area contributed by atoms with Gasteiger partial charge in [0.15, 0.2) is 11.8 Å². The van der Waals surface area contributed by atoms with Gasteiger partial charge in [0, 0.05) is 44.6 Å². The minimum atomic E-state index is -0.390. The van der Waals surface area contributed by atoms with Crippen LogP contribution in [0.1, 0.15) is 30.6 Å². The lowest BCUT2D eigenvalue weighted by atomic mass is 10.1. The highest BCUT2D eigenvalue weighted by Crippen LogP contribution is 2.14. The third kappa shape index (κ3) is 4.16. The number of non-ortho nitro benzene ring substituents is 1.